The Hall–Kier alpha value is -1.23. The van der Waals surface area contributed by atoms with Crippen LogP contribution in [-0.4, -0.2) is 0 Å². The molecular weight excluding hydrogens is 295 g/mol. The Morgan fingerprint density at radius 2 is 1.83 bits per heavy atom. The fraction of sp³-hybridized carbons (Fsp3) is 0.143. The number of nitrogens with two attached hydrogens (primary N) is 1. The van der Waals surface area contributed by atoms with Gasteiger partial charge in [-0.15, -0.1) is 0 Å². The van der Waals surface area contributed by atoms with Crippen molar-refractivity contribution >= 4 is 15.9 Å². The first-order valence-electron chi connectivity index (χ1n) is 5.59. The van der Waals surface area contributed by atoms with Crippen LogP contribution < -0.4 is 11.3 Å². The Balaban J connectivity index is 2.44. The van der Waals surface area contributed by atoms with Gasteiger partial charge in [-0.25, -0.2) is 9.82 Å². The molecule has 1 atom stereocenters. The average Bonchev–Trinajstić information content (AvgIpc) is 2.37. The summed E-state index contributed by atoms with van der Waals surface area (Å²) >= 11 is 3.51. The van der Waals surface area contributed by atoms with Gasteiger partial charge in [0.2, 0.25) is 0 Å². The molecule has 0 saturated carbocycles. The maximum absolute atomic E-state index is 12.9. The summed E-state index contributed by atoms with van der Waals surface area (Å²) in [5.41, 5.74) is 5.87. The lowest BCUT2D eigenvalue weighted by Gasteiger charge is -2.19. The van der Waals surface area contributed by atoms with Crippen LogP contribution in [0.2, 0.25) is 0 Å². The predicted molar refractivity (Wildman–Crippen MR) is 74.4 cm³/mol. The molecule has 0 heterocycles. The largest absolute Gasteiger partial charge is 0.271 e. The molecule has 0 spiro atoms. The van der Waals surface area contributed by atoms with E-state index in [1.165, 1.54) is 12.1 Å². The minimum atomic E-state index is -0.252. The molecule has 0 radical (unpaired) electrons. The van der Waals surface area contributed by atoms with Gasteiger partial charge in [0, 0.05) is 4.47 Å². The summed E-state index contributed by atoms with van der Waals surface area (Å²) in [6.07, 6.45) is 0. The molecule has 0 aromatic heterocycles. The zero-order valence-electron chi connectivity index (χ0n) is 9.95. The van der Waals surface area contributed by atoms with Crippen molar-refractivity contribution in [2.45, 2.75) is 13.0 Å². The van der Waals surface area contributed by atoms with Crippen molar-refractivity contribution < 1.29 is 4.39 Å². The van der Waals surface area contributed by atoms with E-state index in [0.717, 1.165) is 21.2 Å². The van der Waals surface area contributed by atoms with Crippen molar-refractivity contribution in [1.29, 1.82) is 0 Å². The molecule has 0 fully saturated rings. The minimum absolute atomic E-state index is 0.167. The van der Waals surface area contributed by atoms with Crippen LogP contribution in [0, 0.1) is 12.7 Å². The number of halogens is 2. The topological polar surface area (TPSA) is 38.0 Å². The Kier molecular flexibility index (Phi) is 4.11. The standard InChI is InChI=1S/C14H14BrFN2/c1-9-2-7-13(15)12(8-9)14(18-17)10-3-5-11(16)6-4-10/h2-8,14,18H,17H2,1H3. The summed E-state index contributed by atoms with van der Waals surface area (Å²) in [6.45, 7) is 2.02. The number of aryl methyl sites for hydroxylation is 1. The second-order valence-corrected chi connectivity index (χ2v) is 5.03. The first kappa shape index (κ1) is 13.2. The molecule has 4 heteroatoms. The minimum Gasteiger partial charge on any atom is -0.271 e. The van der Waals surface area contributed by atoms with Gasteiger partial charge in [-0.3, -0.25) is 5.84 Å². The van der Waals surface area contributed by atoms with E-state index in [1.54, 1.807) is 12.1 Å². The van der Waals surface area contributed by atoms with Crippen LogP contribution >= 0.6 is 15.9 Å². The SMILES string of the molecule is Cc1ccc(Br)c(C(NN)c2ccc(F)cc2)c1. The predicted octanol–water partition coefficient (Wildman–Crippen LogP) is 3.45. The molecule has 0 aliphatic rings. The summed E-state index contributed by atoms with van der Waals surface area (Å²) in [6, 6.07) is 12.2. The number of nitrogens with one attached hydrogen (secondary N) is 1. The van der Waals surface area contributed by atoms with Crippen molar-refractivity contribution in [3.63, 3.8) is 0 Å². The summed E-state index contributed by atoms with van der Waals surface area (Å²) in [4.78, 5) is 0. The zero-order valence-corrected chi connectivity index (χ0v) is 11.5. The lowest BCUT2D eigenvalue weighted by atomic mass is 9.98. The number of benzene rings is 2. The molecular formula is C14H14BrFN2. The number of hydrogen-bond acceptors (Lipinski definition) is 2. The van der Waals surface area contributed by atoms with Gasteiger partial charge in [0.05, 0.1) is 6.04 Å². The van der Waals surface area contributed by atoms with Gasteiger partial charge in [-0.1, -0.05) is 45.8 Å². The third kappa shape index (κ3) is 2.77. The number of hydrogen-bond donors (Lipinski definition) is 2. The molecule has 1 unspecified atom stereocenters. The van der Waals surface area contributed by atoms with Gasteiger partial charge in [-0.05, 0) is 36.2 Å². The summed E-state index contributed by atoms with van der Waals surface area (Å²) in [5.74, 6) is 5.38. The van der Waals surface area contributed by atoms with E-state index in [0.29, 0.717) is 0 Å². The van der Waals surface area contributed by atoms with Crippen LogP contribution in [0.15, 0.2) is 46.9 Å². The Morgan fingerprint density at radius 3 is 2.44 bits per heavy atom. The van der Waals surface area contributed by atoms with E-state index >= 15 is 0 Å². The van der Waals surface area contributed by atoms with Crippen LogP contribution in [0.4, 0.5) is 4.39 Å². The highest BCUT2D eigenvalue weighted by molar-refractivity contribution is 9.10. The maximum Gasteiger partial charge on any atom is 0.123 e. The Morgan fingerprint density at radius 1 is 1.17 bits per heavy atom. The fourth-order valence-corrected chi connectivity index (χ4v) is 2.38. The van der Waals surface area contributed by atoms with Crippen LogP contribution in [-0.2, 0) is 0 Å². The van der Waals surface area contributed by atoms with Crippen LogP contribution in [0.25, 0.3) is 0 Å². The quantitative estimate of drug-likeness (QED) is 0.673. The average molecular weight is 309 g/mol. The molecule has 0 aliphatic carbocycles. The van der Waals surface area contributed by atoms with E-state index in [9.17, 15) is 4.39 Å². The Bertz CT molecular complexity index is 540. The van der Waals surface area contributed by atoms with E-state index in [-0.39, 0.29) is 11.9 Å². The number of rotatable bonds is 3. The van der Waals surface area contributed by atoms with E-state index in [2.05, 4.69) is 27.4 Å². The zero-order chi connectivity index (χ0) is 13.1. The van der Waals surface area contributed by atoms with Crippen LogP contribution in [0.5, 0.6) is 0 Å². The first-order chi connectivity index (χ1) is 8.61. The summed E-state index contributed by atoms with van der Waals surface area (Å²) < 4.78 is 13.9. The molecule has 3 N–H and O–H groups in total. The van der Waals surface area contributed by atoms with Gasteiger partial charge in [-0.2, -0.15) is 0 Å². The van der Waals surface area contributed by atoms with Crippen molar-refractivity contribution in [2.24, 2.45) is 5.84 Å². The lowest BCUT2D eigenvalue weighted by molar-refractivity contribution is 0.614. The van der Waals surface area contributed by atoms with Crippen molar-refractivity contribution in [3.05, 3.63) is 69.4 Å². The lowest BCUT2D eigenvalue weighted by Crippen LogP contribution is -2.29. The smallest absolute Gasteiger partial charge is 0.123 e. The molecule has 94 valence electrons. The highest BCUT2D eigenvalue weighted by Gasteiger charge is 2.15. The van der Waals surface area contributed by atoms with E-state index in [1.807, 2.05) is 19.1 Å². The second-order valence-electron chi connectivity index (χ2n) is 4.18. The second kappa shape index (κ2) is 5.61. The van der Waals surface area contributed by atoms with Crippen molar-refractivity contribution in [1.82, 2.24) is 5.43 Å². The third-order valence-electron chi connectivity index (χ3n) is 2.83. The van der Waals surface area contributed by atoms with Crippen LogP contribution in [0.3, 0.4) is 0 Å². The fourth-order valence-electron chi connectivity index (χ4n) is 1.91. The van der Waals surface area contributed by atoms with Gasteiger partial charge in [0.1, 0.15) is 5.82 Å². The highest BCUT2D eigenvalue weighted by Crippen LogP contribution is 2.29. The van der Waals surface area contributed by atoms with E-state index in [4.69, 9.17) is 5.84 Å². The Labute approximate surface area is 114 Å². The molecule has 0 aliphatic heterocycles. The third-order valence-corrected chi connectivity index (χ3v) is 3.55. The van der Waals surface area contributed by atoms with Gasteiger partial charge < -0.3 is 0 Å². The highest BCUT2D eigenvalue weighted by atomic mass is 79.9. The van der Waals surface area contributed by atoms with Gasteiger partial charge >= 0.3 is 0 Å². The summed E-state index contributed by atoms with van der Waals surface area (Å²) in [5, 5.41) is 0. The molecule has 2 rings (SSSR count). The monoisotopic (exact) mass is 308 g/mol. The molecule has 18 heavy (non-hydrogen) atoms. The van der Waals surface area contributed by atoms with E-state index < -0.39 is 0 Å². The molecule has 2 aromatic carbocycles. The van der Waals surface area contributed by atoms with Crippen molar-refractivity contribution in [2.75, 3.05) is 0 Å². The molecule has 0 saturated heterocycles. The molecule has 2 nitrogen and oxygen atoms in total. The molecule has 0 amide bonds. The molecule has 2 aromatic rings. The summed E-state index contributed by atoms with van der Waals surface area (Å²) in [7, 11) is 0. The number of hydrazine groups is 1. The van der Waals surface area contributed by atoms with Crippen LogP contribution in [0.1, 0.15) is 22.7 Å². The van der Waals surface area contributed by atoms with Crippen molar-refractivity contribution in [3.8, 4) is 0 Å². The molecule has 0 bridgehead atoms. The first-order valence-corrected chi connectivity index (χ1v) is 6.39. The van der Waals surface area contributed by atoms with Gasteiger partial charge in [0.15, 0.2) is 0 Å². The van der Waals surface area contributed by atoms with Gasteiger partial charge in [0.25, 0.3) is 0 Å². The maximum atomic E-state index is 12.9. The normalized spacial score (nSPS) is 12.4.